The Kier molecular flexibility index (Phi) is 2.98. The zero-order valence-corrected chi connectivity index (χ0v) is 10.6. The average molecular weight is 269 g/mol. The van der Waals surface area contributed by atoms with Crippen LogP contribution >= 0.6 is 23.5 Å². The van der Waals surface area contributed by atoms with Gasteiger partial charge in [0.15, 0.2) is 5.82 Å². The number of hydrogen-bond donors (Lipinski definition) is 2. The van der Waals surface area contributed by atoms with Crippen LogP contribution in [-0.4, -0.2) is 37.6 Å². The number of nitrogens with two attached hydrogens (primary N) is 1. The minimum atomic E-state index is 0.325. The first-order valence-corrected chi connectivity index (χ1v) is 7.37. The highest BCUT2D eigenvalue weighted by atomic mass is 32.2. The highest BCUT2D eigenvalue weighted by molar-refractivity contribution is 8.06. The minimum Gasteiger partial charge on any atom is -0.382 e. The summed E-state index contributed by atoms with van der Waals surface area (Å²) in [7, 11) is 0. The van der Waals surface area contributed by atoms with Crippen molar-refractivity contribution in [3.8, 4) is 11.6 Å². The first-order valence-electron chi connectivity index (χ1n) is 5.17. The molecule has 0 spiro atoms. The number of anilines is 1. The van der Waals surface area contributed by atoms with Crippen LogP contribution in [0.5, 0.6) is 0 Å². The summed E-state index contributed by atoms with van der Waals surface area (Å²) in [6, 6.07) is 1.68. The molecule has 3 N–H and O–H groups in total. The van der Waals surface area contributed by atoms with Gasteiger partial charge in [-0.3, -0.25) is 5.10 Å². The van der Waals surface area contributed by atoms with Crippen LogP contribution in [0.1, 0.15) is 11.1 Å². The molecule has 1 saturated heterocycles. The summed E-state index contributed by atoms with van der Waals surface area (Å²) in [4.78, 5) is 4.38. The number of nitrogens with one attached hydrogen (secondary N) is 1. The van der Waals surface area contributed by atoms with Crippen molar-refractivity contribution in [2.75, 3.05) is 23.0 Å². The normalized spacial score (nSPS) is 20.6. The summed E-state index contributed by atoms with van der Waals surface area (Å²) in [5.74, 6) is 4.99. The van der Waals surface area contributed by atoms with E-state index in [1.54, 1.807) is 6.07 Å². The van der Waals surface area contributed by atoms with Crippen molar-refractivity contribution in [1.82, 2.24) is 20.3 Å². The third kappa shape index (κ3) is 2.27. The average Bonchev–Trinajstić information content (AvgIpc) is 2.98. The molecule has 0 bridgehead atoms. The Morgan fingerprint density at radius 2 is 2.41 bits per heavy atom. The molecule has 1 fully saturated rings. The Bertz CT molecular complexity index is 505. The van der Waals surface area contributed by atoms with Gasteiger partial charge in [0, 0.05) is 23.3 Å². The summed E-state index contributed by atoms with van der Waals surface area (Å²) < 4.78 is 5.21. The standard InChI is InChI=1S/C9H11N5OS2/c10-7-3-5(12-13-7)9-11-8(14-15-9)6-4-16-1-2-17-6/h3,6H,1-2,4H2,(H3,10,12,13). The number of H-pyrrole nitrogens is 1. The van der Waals surface area contributed by atoms with E-state index < -0.39 is 0 Å². The van der Waals surface area contributed by atoms with Gasteiger partial charge >= 0.3 is 0 Å². The number of nitrogen functional groups attached to an aromatic ring is 1. The molecule has 3 rings (SSSR count). The van der Waals surface area contributed by atoms with E-state index in [1.807, 2.05) is 23.5 Å². The molecular weight excluding hydrogens is 258 g/mol. The van der Waals surface area contributed by atoms with Gasteiger partial charge < -0.3 is 10.3 Å². The van der Waals surface area contributed by atoms with Gasteiger partial charge in [-0.1, -0.05) is 5.16 Å². The van der Waals surface area contributed by atoms with E-state index in [1.165, 1.54) is 5.75 Å². The fraction of sp³-hybridized carbons (Fsp3) is 0.444. The number of nitrogens with zero attached hydrogens (tertiary/aromatic N) is 3. The SMILES string of the molecule is Nc1cc(-c2nc(C3CSCCS3)no2)[nH]n1. The number of hydrogen-bond acceptors (Lipinski definition) is 7. The fourth-order valence-electron chi connectivity index (χ4n) is 1.56. The highest BCUT2D eigenvalue weighted by Crippen LogP contribution is 2.35. The number of aromatic nitrogens is 4. The summed E-state index contributed by atoms with van der Waals surface area (Å²) in [5.41, 5.74) is 6.19. The van der Waals surface area contributed by atoms with E-state index in [9.17, 15) is 0 Å². The van der Waals surface area contributed by atoms with Gasteiger partial charge in [0.05, 0.1) is 5.25 Å². The lowest BCUT2D eigenvalue weighted by atomic mass is 10.4. The summed E-state index contributed by atoms with van der Waals surface area (Å²) in [5, 5.41) is 10.9. The predicted octanol–water partition coefficient (Wildman–Crippen LogP) is 1.56. The van der Waals surface area contributed by atoms with Crippen LogP contribution in [0.15, 0.2) is 10.6 Å². The van der Waals surface area contributed by atoms with Crippen molar-refractivity contribution in [2.24, 2.45) is 0 Å². The number of aromatic amines is 1. The first-order chi connectivity index (χ1) is 8.33. The Balaban J connectivity index is 1.82. The Morgan fingerprint density at radius 3 is 3.12 bits per heavy atom. The van der Waals surface area contributed by atoms with Gasteiger partial charge in [-0.15, -0.1) is 11.8 Å². The van der Waals surface area contributed by atoms with Gasteiger partial charge in [0.1, 0.15) is 11.5 Å². The number of rotatable bonds is 2. The lowest BCUT2D eigenvalue weighted by molar-refractivity contribution is 0.421. The summed E-state index contributed by atoms with van der Waals surface area (Å²) >= 11 is 3.80. The zero-order valence-electron chi connectivity index (χ0n) is 8.92. The van der Waals surface area contributed by atoms with Gasteiger partial charge in [-0.05, 0) is 0 Å². The van der Waals surface area contributed by atoms with Crippen LogP contribution in [0.25, 0.3) is 11.6 Å². The van der Waals surface area contributed by atoms with Gasteiger partial charge in [0.2, 0.25) is 0 Å². The summed E-state index contributed by atoms with van der Waals surface area (Å²) in [6.07, 6.45) is 0. The molecule has 2 aromatic rings. The van der Waals surface area contributed by atoms with Gasteiger partial charge in [-0.25, -0.2) is 0 Å². The second-order valence-corrected chi connectivity index (χ2v) is 6.06. The van der Waals surface area contributed by atoms with Crippen molar-refractivity contribution in [3.05, 3.63) is 11.9 Å². The van der Waals surface area contributed by atoms with Gasteiger partial charge in [-0.2, -0.15) is 21.8 Å². The maximum absolute atomic E-state index is 5.53. The van der Waals surface area contributed by atoms with Crippen LogP contribution < -0.4 is 5.73 Å². The number of thioether (sulfide) groups is 2. The molecule has 2 aromatic heterocycles. The third-order valence-corrected chi connectivity index (χ3v) is 5.12. The van der Waals surface area contributed by atoms with E-state index in [0.29, 0.717) is 22.7 Å². The van der Waals surface area contributed by atoms with E-state index in [4.69, 9.17) is 10.3 Å². The van der Waals surface area contributed by atoms with Crippen molar-refractivity contribution < 1.29 is 4.52 Å². The molecule has 90 valence electrons. The van der Waals surface area contributed by atoms with Crippen LogP contribution in [-0.2, 0) is 0 Å². The van der Waals surface area contributed by atoms with E-state index in [0.717, 1.165) is 17.3 Å². The zero-order chi connectivity index (χ0) is 11.7. The second-order valence-electron chi connectivity index (χ2n) is 3.60. The fourth-order valence-corrected chi connectivity index (χ4v) is 4.15. The molecule has 0 aliphatic carbocycles. The smallest absolute Gasteiger partial charge is 0.276 e. The molecule has 17 heavy (non-hydrogen) atoms. The van der Waals surface area contributed by atoms with Crippen LogP contribution in [0.3, 0.4) is 0 Å². The van der Waals surface area contributed by atoms with Crippen LogP contribution in [0.4, 0.5) is 5.82 Å². The second kappa shape index (κ2) is 4.61. The monoisotopic (exact) mass is 269 g/mol. The lowest BCUT2D eigenvalue weighted by Gasteiger charge is -2.16. The van der Waals surface area contributed by atoms with Crippen LogP contribution in [0.2, 0.25) is 0 Å². The Labute approximate surface area is 106 Å². The third-order valence-electron chi connectivity index (χ3n) is 2.37. The molecule has 8 heteroatoms. The van der Waals surface area contributed by atoms with E-state index in [-0.39, 0.29) is 0 Å². The minimum absolute atomic E-state index is 0.325. The lowest BCUT2D eigenvalue weighted by Crippen LogP contribution is -2.07. The molecular formula is C9H11N5OS2. The van der Waals surface area contributed by atoms with Crippen molar-refractivity contribution in [2.45, 2.75) is 5.25 Å². The Morgan fingerprint density at radius 1 is 1.47 bits per heavy atom. The van der Waals surface area contributed by atoms with Crippen molar-refractivity contribution in [1.29, 1.82) is 0 Å². The maximum Gasteiger partial charge on any atom is 0.276 e. The van der Waals surface area contributed by atoms with Crippen LogP contribution in [0, 0.1) is 0 Å². The maximum atomic E-state index is 5.53. The quantitative estimate of drug-likeness (QED) is 0.854. The predicted molar refractivity (Wildman–Crippen MR) is 68.8 cm³/mol. The molecule has 0 saturated carbocycles. The molecule has 6 nitrogen and oxygen atoms in total. The molecule has 1 unspecified atom stereocenters. The largest absolute Gasteiger partial charge is 0.382 e. The molecule has 1 atom stereocenters. The Hall–Kier alpha value is -1.15. The van der Waals surface area contributed by atoms with E-state index in [2.05, 4.69) is 20.3 Å². The van der Waals surface area contributed by atoms with E-state index >= 15 is 0 Å². The molecule has 0 radical (unpaired) electrons. The topological polar surface area (TPSA) is 93.6 Å². The molecule has 1 aliphatic heterocycles. The first kappa shape index (κ1) is 11.0. The highest BCUT2D eigenvalue weighted by Gasteiger charge is 2.22. The van der Waals surface area contributed by atoms with Crippen molar-refractivity contribution in [3.63, 3.8) is 0 Å². The molecule has 1 aliphatic rings. The molecule has 0 amide bonds. The molecule has 3 heterocycles. The summed E-state index contributed by atoms with van der Waals surface area (Å²) in [6.45, 7) is 0. The van der Waals surface area contributed by atoms with Crippen molar-refractivity contribution >= 4 is 29.3 Å². The van der Waals surface area contributed by atoms with Gasteiger partial charge in [0.25, 0.3) is 5.89 Å². The molecule has 0 aromatic carbocycles.